The van der Waals surface area contributed by atoms with Crippen LogP contribution in [0.5, 0.6) is 0 Å². The standard InChI is InChI=1S/C26H29F2N5O2/c27-22-7-6-19(16-23(22)28)24-8-12-31-26(35)33(24)25(34)30-11-3-13-32-14-9-18(10-15-32)21-5-2-1-4-20(21)17-29/h1-2,4-7,16,18,24H,3,8-15H2,(H,30,34)(H,31,35). The lowest BCUT2D eigenvalue weighted by Gasteiger charge is -2.35. The largest absolute Gasteiger partial charge is 0.338 e. The fraction of sp³-hybridized carbons (Fsp3) is 0.423. The average Bonchev–Trinajstić information content (AvgIpc) is 2.88. The quantitative estimate of drug-likeness (QED) is 0.603. The van der Waals surface area contributed by atoms with Gasteiger partial charge in [-0.15, -0.1) is 0 Å². The fourth-order valence-corrected chi connectivity index (χ4v) is 4.95. The van der Waals surface area contributed by atoms with Crippen molar-refractivity contribution < 1.29 is 18.4 Å². The van der Waals surface area contributed by atoms with Crippen LogP contribution in [0.3, 0.4) is 0 Å². The van der Waals surface area contributed by atoms with Gasteiger partial charge >= 0.3 is 12.1 Å². The molecule has 35 heavy (non-hydrogen) atoms. The summed E-state index contributed by atoms with van der Waals surface area (Å²) in [5.74, 6) is -1.59. The summed E-state index contributed by atoms with van der Waals surface area (Å²) in [6.45, 7) is 3.40. The van der Waals surface area contributed by atoms with Gasteiger partial charge in [0.05, 0.1) is 17.7 Å². The fourth-order valence-electron chi connectivity index (χ4n) is 4.95. The van der Waals surface area contributed by atoms with Crippen LogP contribution < -0.4 is 10.6 Å². The van der Waals surface area contributed by atoms with Gasteiger partial charge in [-0.3, -0.25) is 0 Å². The van der Waals surface area contributed by atoms with E-state index < -0.39 is 29.7 Å². The van der Waals surface area contributed by atoms with E-state index in [-0.39, 0.29) is 0 Å². The van der Waals surface area contributed by atoms with Gasteiger partial charge in [-0.25, -0.2) is 23.3 Å². The minimum absolute atomic E-state index is 0.348. The van der Waals surface area contributed by atoms with E-state index in [1.807, 2.05) is 24.3 Å². The number of imide groups is 1. The molecular formula is C26H29F2N5O2. The maximum Gasteiger partial charge on any atom is 0.326 e. The topological polar surface area (TPSA) is 88.5 Å². The zero-order valence-electron chi connectivity index (χ0n) is 19.5. The van der Waals surface area contributed by atoms with E-state index in [1.165, 1.54) is 6.07 Å². The SMILES string of the molecule is N#Cc1ccccc1C1CCN(CCCNC(=O)N2C(=O)NCCC2c2ccc(F)c(F)c2)CC1. The number of benzene rings is 2. The number of amides is 4. The molecule has 0 spiro atoms. The molecule has 2 saturated heterocycles. The molecule has 4 amide bonds. The molecule has 9 heteroatoms. The van der Waals surface area contributed by atoms with Crippen molar-refractivity contribution in [3.63, 3.8) is 0 Å². The number of carbonyl (C=O) groups is 2. The third-order valence-electron chi connectivity index (χ3n) is 6.81. The molecule has 2 aliphatic rings. The summed E-state index contributed by atoms with van der Waals surface area (Å²) >= 11 is 0. The highest BCUT2D eigenvalue weighted by Gasteiger charge is 2.34. The third-order valence-corrected chi connectivity index (χ3v) is 6.81. The normalized spacial score (nSPS) is 19.2. The van der Waals surface area contributed by atoms with Gasteiger partial charge in [-0.05, 0) is 80.6 Å². The van der Waals surface area contributed by atoms with Gasteiger partial charge in [-0.1, -0.05) is 24.3 Å². The van der Waals surface area contributed by atoms with Crippen LogP contribution >= 0.6 is 0 Å². The van der Waals surface area contributed by atoms with Crippen LogP contribution in [0.1, 0.15) is 54.3 Å². The molecule has 0 bridgehead atoms. The first kappa shape index (κ1) is 24.6. The van der Waals surface area contributed by atoms with Crippen molar-refractivity contribution in [2.75, 3.05) is 32.7 Å². The molecule has 184 valence electrons. The summed E-state index contributed by atoms with van der Waals surface area (Å²) in [5, 5.41) is 14.8. The monoisotopic (exact) mass is 481 g/mol. The van der Waals surface area contributed by atoms with Gasteiger partial charge in [0.1, 0.15) is 0 Å². The zero-order chi connectivity index (χ0) is 24.8. The Hall–Kier alpha value is -3.51. The number of hydrogen-bond donors (Lipinski definition) is 2. The Bertz CT molecular complexity index is 1110. The number of nitriles is 1. The van der Waals surface area contributed by atoms with Gasteiger partial charge in [0.25, 0.3) is 0 Å². The highest BCUT2D eigenvalue weighted by Crippen LogP contribution is 2.30. The number of hydrogen-bond acceptors (Lipinski definition) is 4. The molecule has 2 aromatic carbocycles. The zero-order valence-corrected chi connectivity index (χ0v) is 19.5. The summed E-state index contributed by atoms with van der Waals surface area (Å²) in [7, 11) is 0. The number of piperidine rings is 1. The molecule has 2 heterocycles. The maximum absolute atomic E-state index is 13.7. The van der Waals surface area contributed by atoms with Crippen LogP contribution in [0, 0.1) is 23.0 Å². The van der Waals surface area contributed by atoms with Crippen molar-refractivity contribution in [2.45, 2.75) is 37.6 Å². The van der Waals surface area contributed by atoms with Crippen LogP contribution in [0.2, 0.25) is 0 Å². The predicted molar refractivity (Wildman–Crippen MR) is 127 cm³/mol. The van der Waals surface area contributed by atoms with Crippen LogP contribution in [0.4, 0.5) is 18.4 Å². The number of urea groups is 2. The Morgan fingerprint density at radius 2 is 1.89 bits per heavy atom. The minimum Gasteiger partial charge on any atom is -0.338 e. The van der Waals surface area contributed by atoms with Crippen molar-refractivity contribution in [2.24, 2.45) is 0 Å². The van der Waals surface area contributed by atoms with Crippen molar-refractivity contribution in [1.29, 1.82) is 5.26 Å². The second-order valence-corrected chi connectivity index (χ2v) is 8.98. The highest BCUT2D eigenvalue weighted by molar-refractivity contribution is 5.94. The van der Waals surface area contributed by atoms with E-state index in [1.54, 1.807) is 0 Å². The Balaban J connectivity index is 1.25. The molecule has 2 aromatic rings. The Labute approximate surface area is 203 Å². The first-order valence-corrected chi connectivity index (χ1v) is 12.0. The molecule has 2 fully saturated rings. The molecule has 0 radical (unpaired) electrons. The van der Waals surface area contributed by atoms with Gasteiger partial charge in [-0.2, -0.15) is 5.26 Å². The maximum atomic E-state index is 13.7. The average molecular weight is 482 g/mol. The minimum atomic E-state index is -1.01. The van der Waals surface area contributed by atoms with Gasteiger partial charge in [0.15, 0.2) is 11.6 Å². The highest BCUT2D eigenvalue weighted by atomic mass is 19.2. The van der Waals surface area contributed by atoms with Crippen LogP contribution in [0.15, 0.2) is 42.5 Å². The summed E-state index contributed by atoms with van der Waals surface area (Å²) in [4.78, 5) is 28.6. The van der Waals surface area contributed by atoms with E-state index in [0.717, 1.165) is 67.1 Å². The summed E-state index contributed by atoms with van der Waals surface area (Å²) in [5.41, 5.74) is 2.25. The molecule has 0 saturated carbocycles. The van der Waals surface area contributed by atoms with Crippen molar-refractivity contribution in [3.05, 3.63) is 70.8 Å². The second kappa shape index (κ2) is 11.3. The van der Waals surface area contributed by atoms with Crippen molar-refractivity contribution >= 4 is 12.1 Å². The summed E-state index contributed by atoms with van der Waals surface area (Å²) in [6, 6.07) is 11.7. The van der Waals surface area contributed by atoms with Gasteiger partial charge in [0.2, 0.25) is 0 Å². The van der Waals surface area contributed by atoms with E-state index >= 15 is 0 Å². The molecule has 2 N–H and O–H groups in total. The summed E-state index contributed by atoms with van der Waals surface area (Å²) < 4.78 is 27.1. The molecule has 2 aliphatic heterocycles. The number of carbonyl (C=O) groups excluding carboxylic acids is 2. The predicted octanol–water partition coefficient (Wildman–Crippen LogP) is 4.27. The van der Waals surface area contributed by atoms with Crippen LogP contribution in [-0.2, 0) is 0 Å². The Morgan fingerprint density at radius 3 is 2.63 bits per heavy atom. The van der Waals surface area contributed by atoms with Crippen molar-refractivity contribution in [3.8, 4) is 6.07 Å². The summed E-state index contributed by atoms with van der Waals surface area (Å²) in [6.07, 6.45) is 3.09. The van der Waals surface area contributed by atoms with Gasteiger partial charge in [0, 0.05) is 13.1 Å². The number of nitrogens with one attached hydrogen (secondary N) is 2. The molecule has 4 rings (SSSR count). The molecule has 0 aromatic heterocycles. The molecule has 0 aliphatic carbocycles. The first-order valence-electron chi connectivity index (χ1n) is 12.0. The smallest absolute Gasteiger partial charge is 0.326 e. The molecule has 1 unspecified atom stereocenters. The van der Waals surface area contributed by atoms with E-state index in [2.05, 4.69) is 21.6 Å². The van der Waals surface area contributed by atoms with Crippen LogP contribution in [-0.4, -0.2) is 54.6 Å². The Kier molecular flexibility index (Phi) is 7.93. The molecule has 1 atom stereocenters. The number of nitrogens with zero attached hydrogens (tertiary/aromatic N) is 3. The molecular weight excluding hydrogens is 452 g/mol. The lowest BCUT2D eigenvalue weighted by atomic mass is 9.87. The second-order valence-electron chi connectivity index (χ2n) is 8.98. The lowest BCUT2D eigenvalue weighted by molar-refractivity contribution is 0.154. The van der Waals surface area contributed by atoms with E-state index in [0.29, 0.717) is 31.0 Å². The number of rotatable bonds is 6. The number of likely N-dealkylation sites (tertiary alicyclic amines) is 1. The number of halogens is 2. The first-order chi connectivity index (χ1) is 17.0. The van der Waals surface area contributed by atoms with Crippen LogP contribution in [0.25, 0.3) is 0 Å². The van der Waals surface area contributed by atoms with Gasteiger partial charge < -0.3 is 15.5 Å². The Morgan fingerprint density at radius 1 is 1.11 bits per heavy atom. The van der Waals surface area contributed by atoms with E-state index in [4.69, 9.17) is 0 Å². The van der Waals surface area contributed by atoms with E-state index in [9.17, 15) is 23.6 Å². The lowest BCUT2D eigenvalue weighted by Crippen LogP contribution is -2.54. The molecule has 7 nitrogen and oxygen atoms in total. The van der Waals surface area contributed by atoms with Crippen molar-refractivity contribution in [1.82, 2.24) is 20.4 Å². The third kappa shape index (κ3) is 5.77.